The van der Waals surface area contributed by atoms with Crippen LogP contribution in [0.2, 0.25) is 0 Å². The standard InChI is InChI=1S/C17H11F3N2O3S/c18-17(19,20)26-13-7-5-11(6-8-13)16(24)25-10-15(23)22-14-4-2-1-3-12(14)9-21/h1-8H,10H2,(H,22,23). The van der Waals surface area contributed by atoms with Crippen molar-refractivity contribution in [2.24, 2.45) is 0 Å². The lowest BCUT2D eigenvalue weighted by molar-refractivity contribution is -0.119. The molecular formula is C17H11F3N2O3S. The van der Waals surface area contributed by atoms with Crippen LogP contribution in [0, 0.1) is 11.3 Å². The van der Waals surface area contributed by atoms with Crippen LogP contribution in [0.1, 0.15) is 15.9 Å². The second-order valence-electron chi connectivity index (χ2n) is 4.85. The number of hydrogen-bond donors (Lipinski definition) is 1. The molecule has 0 radical (unpaired) electrons. The van der Waals surface area contributed by atoms with Gasteiger partial charge in [-0.15, -0.1) is 0 Å². The molecule has 0 atom stereocenters. The Kier molecular flexibility index (Phi) is 6.25. The minimum Gasteiger partial charge on any atom is -0.452 e. The predicted octanol–water partition coefficient (Wildman–Crippen LogP) is 3.97. The third-order valence-electron chi connectivity index (χ3n) is 2.98. The van der Waals surface area contributed by atoms with Crippen molar-refractivity contribution in [1.29, 1.82) is 5.26 Å². The first-order valence-corrected chi connectivity index (χ1v) is 7.92. The van der Waals surface area contributed by atoms with Gasteiger partial charge in [-0.25, -0.2) is 4.79 Å². The van der Waals surface area contributed by atoms with Gasteiger partial charge in [-0.3, -0.25) is 4.79 Å². The van der Waals surface area contributed by atoms with Crippen LogP contribution in [0.4, 0.5) is 18.9 Å². The fourth-order valence-electron chi connectivity index (χ4n) is 1.88. The van der Waals surface area contributed by atoms with Gasteiger partial charge in [-0.1, -0.05) is 12.1 Å². The summed E-state index contributed by atoms with van der Waals surface area (Å²) in [5.74, 6) is -1.50. The van der Waals surface area contributed by atoms with Crippen molar-refractivity contribution in [3.05, 3.63) is 59.7 Å². The number of alkyl halides is 3. The van der Waals surface area contributed by atoms with Gasteiger partial charge in [0.1, 0.15) is 6.07 Å². The molecular weight excluding hydrogens is 369 g/mol. The molecule has 0 aromatic heterocycles. The van der Waals surface area contributed by atoms with E-state index in [1.54, 1.807) is 12.1 Å². The summed E-state index contributed by atoms with van der Waals surface area (Å²) < 4.78 is 41.6. The molecule has 2 aromatic rings. The van der Waals surface area contributed by atoms with Gasteiger partial charge >= 0.3 is 11.5 Å². The molecule has 0 aliphatic heterocycles. The maximum Gasteiger partial charge on any atom is 0.446 e. The minimum atomic E-state index is -4.42. The van der Waals surface area contributed by atoms with Gasteiger partial charge in [0.2, 0.25) is 0 Å². The third kappa shape index (κ3) is 5.82. The van der Waals surface area contributed by atoms with E-state index < -0.39 is 24.0 Å². The normalized spacial score (nSPS) is 10.7. The van der Waals surface area contributed by atoms with Crippen LogP contribution in [0.15, 0.2) is 53.4 Å². The molecule has 0 fully saturated rings. The molecule has 134 valence electrons. The topological polar surface area (TPSA) is 79.2 Å². The van der Waals surface area contributed by atoms with E-state index in [-0.39, 0.29) is 33.5 Å². The Balaban J connectivity index is 1.90. The van der Waals surface area contributed by atoms with E-state index in [9.17, 15) is 22.8 Å². The third-order valence-corrected chi connectivity index (χ3v) is 3.72. The largest absolute Gasteiger partial charge is 0.452 e. The highest BCUT2D eigenvalue weighted by Crippen LogP contribution is 2.36. The number of esters is 1. The van der Waals surface area contributed by atoms with Gasteiger partial charge in [0.25, 0.3) is 5.91 Å². The quantitative estimate of drug-likeness (QED) is 0.627. The zero-order chi connectivity index (χ0) is 19.2. The summed E-state index contributed by atoms with van der Waals surface area (Å²) >= 11 is -0.298. The molecule has 0 unspecified atom stereocenters. The van der Waals surface area contributed by atoms with Gasteiger partial charge < -0.3 is 10.1 Å². The smallest absolute Gasteiger partial charge is 0.446 e. The monoisotopic (exact) mass is 380 g/mol. The molecule has 9 heteroatoms. The lowest BCUT2D eigenvalue weighted by Crippen LogP contribution is -2.21. The first kappa shape index (κ1) is 19.3. The molecule has 5 nitrogen and oxygen atoms in total. The Bertz CT molecular complexity index is 846. The van der Waals surface area contributed by atoms with Crippen LogP contribution in [-0.4, -0.2) is 24.0 Å². The van der Waals surface area contributed by atoms with E-state index in [0.29, 0.717) is 0 Å². The molecule has 2 aromatic carbocycles. The average Bonchev–Trinajstić information content (AvgIpc) is 2.59. The van der Waals surface area contributed by atoms with Crippen molar-refractivity contribution in [3.8, 4) is 6.07 Å². The number of halogens is 3. The Labute approximate surface area is 150 Å². The van der Waals surface area contributed by atoms with E-state index in [2.05, 4.69) is 5.32 Å². The zero-order valence-electron chi connectivity index (χ0n) is 13.0. The summed E-state index contributed by atoms with van der Waals surface area (Å²) in [4.78, 5) is 23.6. The lowest BCUT2D eigenvalue weighted by atomic mass is 10.2. The van der Waals surface area contributed by atoms with E-state index in [1.807, 2.05) is 6.07 Å². The summed E-state index contributed by atoms with van der Waals surface area (Å²) in [5.41, 5.74) is -3.86. The second-order valence-corrected chi connectivity index (χ2v) is 5.99. The molecule has 26 heavy (non-hydrogen) atoms. The average molecular weight is 380 g/mol. The van der Waals surface area contributed by atoms with Crippen molar-refractivity contribution in [1.82, 2.24) is 0 Å². The fourth-order valence-corrected chi connectivity index (χ4v) is 2.42. The van der Waals surface area contributed by atoms with Gasteiger partial charge in [0.05, 0.1) is 16.8 Å². The van der Waals surface area contributed by atoms with E-state index in [0.717, 1.165) is 12.1 Å². The first-order valence-electron chi connectivity index (χ1n) is 7.10. The van der Waals surface area contributed by atoms with Crippen LogP contribution in [-0.2, 0) is 9.53 Å². The Hall–Kier alpha value is -2.99. The van der Waals surface area contributed by atoms with Crippen molar-refractivity contribution < 1.29 is 27.5 Å². The predicted molar refractivity (Wildman–Crippen MR) is 88.4 cm³/mol. The number of benzene rings is 2. The summed E-state index contributed by atoms with van der Waals surface area (Å²) in [6.45, 7) is -0.600. The molecule has 0 aliphatic rings. The van der Waals surface area contributed by atoms with Gasteiger partial charge in [-0.05, 0) is 48.2 Å². The number of carbonyl (C=O) groups excluding carboxylic acids is 2. The number of thioether (sulfide) groups is 1. The number of nitrogens with one attached hydrogen (secondary N) is 1. The summed E-state index contributed by atoms with van der Waals surface area (Å²) in [7, 11) is 0. The minimum absolute atomic E-state index is 0.0155. The van der Waals surface area contributed by atoms with Crippen LogP contribution in [0.3, 0.4) is 0 Å². The maximum absolute atomic E-state index is 12.2. The van der Waals surface area contributed by atoms with Crippen LogP contribution in [0.25, 0.3) is 0 Å². The van der Waals surface area contributed by atoms with Gasteiger partial charge in [-0.2, -0.15) is 18.4 Å². The van der Waals surface area contributed by atoms with Crippen molar-refractivity contribution in [2.75, 3.05) is 11.9 Å². The zero-order valence-corrected chi connectivity index (χ0v) is 13.9. The number of anilines is 1. The summed E-state index contributed by atoms with van der Waals surface area (Å²) in [6, 6.07) is 12.8. The molecule has 0 saturated carbocycles. The molecule has 2 rings (SSSR count). The molecule has 1 N–H and O–H groups in total. The van der Waals surface area contributed by atoms with Crippen molar-refractivity contribution >= 4 is 29.3 Å². The molecule has 0 heterocycles. The fraction of sp³-hybridized carbons (Fsp3) is 0.118. The second kappa shape index (κ2) is 8.40. The highest BCUT2D eigenvalue weighted by Gasteiger charge is 2.29. The van der Waals surface area contributed by atoms with E-state index in [1.165, 1.54) is 24.3 Å². The van der Waals surface area contributed by atoms with Crippen LogP contribution in [0.5, 0.6) is 0 Å². The highest BCUT2D eigenvalue weighted by atomic mass is 32.2. The first-order chi connectivity index (χ1) is 12.3. The Morgan fingerprint density at radius 2 is 1.77 bits per heavy atom. The van der Waals surface area contributed by atoms with Crippen LogP contribution < -0.4 is 5.32 Å². The number of nitrogens with zero attached hydrogens (tertiary/aromatic N) is 1. The molecule has 0 spiro atoms. The van der Waals surface area contributed by atoms with Gasteiger partial charge in [0, 0.05) is 4.90 Å². The van der Waals surface area contributed by atoms with E-state index >= 15 is 0 Å². The number of carbonyl (C=O) groups is 2. The Morgan fingerprint density at radius 3 is 2.38 bits per heavy atom. The molecule has 0 aliphatic carbocycles. The number of hydrogen-bond acceptors (Lipinski definition) is 5. The number of ether oxygens (including phenoxy) is 1. The maximum atomic E-state index is 12.2. The summed E-state index contributed by atoms with van der Waals surface area (Å²) in [5, 5.41) is 11.4. The van der Waals surface area contributed by atoms with Crippen LogP contribution >= 0.6 is 11.8 Å². The number of nitriles is 1. The molecule has 0 bridgehead atoms. The van der Waals surface area contributed by atoms with Gasteiger partial charge in [0.15, 0.2) is 6.61 Å². The Morgan fingerprint density at radius 1 is 1.12 bits per heavy atom. The van der Waals surface area contributed by atoms with E-state index in [4.69, 9.17) is 10.00 Å². The highest BCUT2D eigenvalue weighted by molar-refractivity contribution is 8.00. The van der Waals surface area contributed by atoms with Crippen molar-refractivity contribution in [3.63, 3.8) is 0 Å². The molecule has 0 saturated heterocycles. The van der Waals surface area contributed by atoms with Crippen molar-refractivity contribution in [2.45, 2.75) is 10.4 Å². The lowest BCUT2D eigenvalue weighted by Gasteiger charge is -2.08. The number of rotatable bonds is 5. The SMILES string of the molecule is N#Cc1ccccc1NC(=O)COC(=O)c1ccc(SC(F)(F)F)cc1. The number of amides is 1. The number of para-hydroxylation sites is 1. The molecule has 1 amide bonds. The summed E-state index contributed by atoms with van der Waals surface area (Å²) in [6.07, 6.45) is 0.